The number of aryl methyl sites for hydroxylation is 2. The number of carbonyl (C=O) groups is 1. The van der Waals surface area contributed by atoms with Crippen LogP contribution in [-0.4, -0.2) is 28.6 Å². The first-order valence-corrected chi connectivity index (χ1v) is 11.2. The lowest BCUT2D eigenvalue weighted by Gasteiger charge is -2.10. The van der Waals surface area contributed by atoms with Gasteiger partial charge in [0.1, 0.15) is 11.6 Å². The topological polar surface area (TPSA) is 56.2 Å². The summed E-state index contributed by atoms with van der Waals surface area (Å²) in [5.41, 5.74) is 2.27. The minimum atomic E-state index is -0.0942. The molecule has 30 heavy (non-hydrogen) atoms. The number of aromatic nitrogens is 2. The Hall–Kier alpha value is -2.82. The molecule has 2 aromatic carbocycles. The highest BCUT2D eigenvalue weighted by atomic mass is 16.5. The molecule has 3 rings (SSSR count). The van der Waals surface area contributed by atoms with Crippen LogP contribution >= 0.6 is 0 Å². The lowest BCUT2D eigenvalue weighted by atomic mass is 10.1. The third kappa shape index (κ3) is 6.61. The van der Waals surface area contributed by atoms with E-state index in [9.17, 15) is 4.79 Å². The number of nitrogens with zero attached hydrogens (tertiary/aromatic N) is 2. The summed E-state index contributed by atoms with van der Waals surface area (Å²) >= 11 is 0. The maximum absolute atomic E-state index is 12.0. The summed E-state index contributed by atoms with van der Waals surface area (Å²) in [7, 11) is 0. The van der Waals surface area contributed by atoms with E-state index < -0.39 is 0 Å². The molecule has 1 heterocycles. The van der Waals surface area contributed by atoms with Gasteiger partial charge in [0, 0.05) is 19.5 Å². The van der Waals surface area contributed by atoms with Crippen molar-refractivity contribution >= 4 is 16.9 Å². The first kappa shape index (κ1) is 21.9. The Morgan fingerprint density at radius 3 is 2.57 bits per heavy atom. The molecular weight excluding hydrogens is 374 g/mol. The Kier molecular flexibility index (Phi) is 8.76. The Morgan fingerprint density at radius 1 is 0.967 bits per heavy atom. The van der Waals surface area contributed by atoms with Gasteiger partial charge in [-0.05, 0) is 37.1 Å². The molecule has 3 aromatic rings. The molecule has 5 heteroatoms. The van der Waals surface area contributed by atoms with Crippen molar-refractivity contribution in [1.82, 2.24) is 14.9 Å². The van der Waals surface area contributed by atoms with Crippen LogP contribution in [0, 0.1) is 0 Å². The maximum Gasteiger partial charge on any atom is 0.257 e. The molecule has 0 radical (unpaired) electrons. The van der Waals surface area contributed by atoms with Gasteiger partial charge in [-0.2, -0.15) is 0 Å². The predicted molar refractivity (Wildman–Crippen MR) is 122 cm³/mol. The molecule has 0 spiro atoms. The van der Waals surface area contributed by atoms with Crippen LogP contribution in [0.25, 0.3) is 11.0 Å². The third-order valence-corrected chi connectivity index (χ3v) is 5.23. The number of imidazole rings is 1. The van der Waals surface area contributed by atoms with Crippen LogP contribution in [-0.2, 0) is 17.8 Å². The molecular formula is C25H33N3O2. The first-order chi connectivity index (χ1) is 14.8. The monoisotopic (exact) mass is 407 g/mol. The number of rotatable bonds is 13. The lowest BCUT2D eigenvalue weighted by molar-refractivity contribution is -0.123. The number of nitrogens with one attached hydrogen (secondary N) is 1. The number of hydrogen-bond acceptors (Lipinski definition) is 3. The minimum absolute atomic E-state index is 0.0420. The first-order valence-electron chi connectivity index (χ1n) is 11.2. The second kappa shape index (κ2) is 12.0. The lowest BCUT2D eigenvalue weighted by Crippen LogP contribution is -2.30. The van der Waals surface area contributed by atoms with Crippen molar-refractivity contribution in [2.45, 2.75) is 58.4 Å². The van der Waals surface area contributed by atoms with Crippen molar-refractivity contribution < 1.29 is 9.53 Å². The van der Waals surface area contributed by atoms with Gasteiger partial charge in [0.15, 0.2) is 6.61 Å². The quantitative estimate of drug-likeness (QED) is 0.399. The van der Waals surface area contributed by atoms with E-state index >= 15 is 0 Å². The van der Waals surface area contributed by atoms with Gasteiger partial charge < -0.3 is 14.6 Å². The average Bonchev–Trinajstić information content (AvgIpc) is 3.13. The van der Waals surface area contributed by atoms with Crippen LogP contribution in [0.5, 0.6) is 5.75 Å². The molecule has 0 unspecified atom stereocenters. The van der Waals surface area contributed by atoms with E-state index in [2.05, 4.69) is 35.0 Å². The van der Waals surface area contributed by atoms with E-state index in [0.29, 0.717) is 12.3 Å². The Balaban J connectivity index is 1.46. The molecule has 1 N–H and O–H groups in total. The second-order valence-corrected chi connectivity index (χ2v) is 7.64. The van der Waals surface area contributed by atoms with Crippen LogP contribution in [0.2, 0.25) is 0 Å². The highest BCUT2D eigenvalue weighted by molar-refractivity contribution is 5.77. The summed E-state index contributed by atoms with van der Waals surface area (Å²) in [5.74, 6) is 1.73. The fourth-order valence-electron chi connectivity index (χ4n) is 3.63. The molecule has 1 amide bonds. The van der Waals surface area contributed by atoms with Gasteiger partial charge in [-0.3, -0.25) is 4.79 Å². The Labute approximate surface area is 179 Å². The van der Waals surface area contributed by atoms with Crippen molar-refractivity contribution in [2.24, 2.45) is 0 Å². The third-order valence-electron chi connectivity index (χ3n) is 5.23. The van der Waals surface area contributed by atoms with E-state index in [4.69, 9.17) is 9.72 Å². The number of amides is 1. The molecule has 160 valence electrons. The molecule has 1 aromatic heterocycles. The summed E-state index contributed by atoms with van der Waals surface area (Å²) in [6.45, 7) is 3.92. The van der Waals surface area contributed by atoms with Gasteiger partial charge in [-0.15, -0.1) is 0 Å². The summed E-state index contributed by atoms with van der Waals surface area (Å²) < 4.78 is 7.85. The zero-order valence-corrected chi connectivity index (χ0v) is 18.0. The molecule has 0 aliphatic rings. The smallest absolute Gasteiger partial charge is 0.257 e. The van der Waals surface area contributed by atoms with Gasteiger partial charge in [0.2, 0.25) is 0 Å². The number of para-hydroxylation sites is 3. The fraction of sp³-hybridized carbons (Fsp3) is 0.440. The van der Waals surface area contributed by atoms with Gasteiger partial charge in [0.05, 0.1) is 11.0 Å². The standard InChI is InChI=1S/C25H33N3O2/c1-2-3-4-5-11-19-28-23-16-10-9-15-22(23)27-24(28)17-12-18-26-25(29)20-30-21-13-7-6-8-14-21/h6-10,13-16H,2-5,11-12,17-20H2,1H3,(H,26,29). The maximum atomic E-state index is 12.0. The highest BCUT2D eigenvalue weighted by Crippen LogP contribution is 2.18. The number of benzene rings is 2. The van der Waals surface area contributed by atoms with E-state index in [1.807, 2.05) is 36.4 Å². The number of carbonyl (C=O) groups excluding carboxylic acids is 1. The largest absolute Gasteiger partial charge is 0.484 e. The Morgan fingerprint density at radius 2 is 1.73 bits per heavy atom. The van der Waals surface area contributed by atoms with Crippen LogP contribution < -0.4 is 10.1 Å². The van der Waals surface area contributed by atoms with E-state index in [-0.39, 0.29) is 12.5 Å². The molecule has 0 atom stereocenters. The van der Waals surface area contributed by atoms with Crippen molar-refractivity contribution in [2.75, 3.05) is 13.2 Å². The SMILES string of the molecule is CCCCCCCn1c(CCCNC(=O)COc2ccccc2)nc2ccccc21. The summed E-state index contributed by atoms with van der Waals surface area (Å²) in [4.78, 5) is 16.9. The second-order valence-electron chi connectivity index (χ2n) is 7.64. The van der Waals surface area contributed by atoms with Crippen LogP contribution in [0.15, 0.2) is 54.6 Å². The molecule has 5 nitrogen and oxygen atoms in total. The number of hydrogen-bond donors (Lipinski definition) is 1. The molecule has 0 saturated carbocycles. The summed E-state index contributed by atoms with van der Waals surface area (Å²) in [6, 6.07) is 17.7. The van der Waals surface area contributed by atoms with Gasteiger partial charge >= 0.3 is 0 Å². The highest BCUT2D eigenvalue weighted by Gasteiger charge is 2.10. The van der Waals surface area contributed by atoms with Crippen molar-refractivity contribution in [3.63, 3.8) is 0 Å². The van der Waals surface area contributed by atoms with E-state index in [0.717, 1.165) is 30.7 Å². The zero-order valence-electron chi connectivity index (χ0n) is 18.0. The van der Waals surface area contributed by atoms with Crippen LogP contribution in [0.4, 0.5) is 0 Å². The minimum Gasteiger partial charge on any atom is -0.484 e. The number of unbranched alkanes of at least 4 members (excludes halogenated alkanes) is 4. The zero-order chi connectivity index (χ0) is 21.0. The molecule has 0 fully saturated rings. The molecule has 0 aliphatic heterocycles. The molecule has 0 saturated heterocycles. The van der Waals surface area contributed by atoms with Crippen molar-refractivity contribution in [3.05, 3.63) is 60.4 Å². The number of fused-ring (bicyclic) bond motifs is 1. The van der Waals surface area contributed by atoms with Crippen molar-refractivity contribution in [3.8, 4) is 5.75 Å². The fourth-order valence-corrected chi connectivity index (χ4v) is 3.63. The molecule has 0 aliphatic carbocycles. The van der Waals surface area contributed by atoms with E-state index in [1.165, 1.54) is 37.6 Å². The van der Waals surface area contributed by atoms with Gasteiger partial charge in [0.25, 0.3) is 5.91 Å². The molecule has 0 bridgehead atoms. The Bertz CT molecular complexity index is 905. The predicted octanol–water partition coefficient (Wildman–Crippen LogP) is 5.13. The summed E-state index contributed by atoms with van der Waals surface area (Å²) in [5, 5.41) is 2.94. The number of ether oxygens (including phenoxy) is 1. The van der Waals surface area contributed by atoms with Gasteiger partial charge in [-0.1, -0.05) is 62.9 Å². The van der Waals surface area contributed by atoms with Crippen LogP contribution in [0.3, 0.4) is 0 Å². The summed E-state index contributed by atoms with van der Waals surface area (Å²) in [6.07, 6.45) is 8.03. The normalized spacial score (nSPS) is 11.0. The van der Waals surface area contributed by atoms with Crippen molar-refractivity contribution in [1.29, 1.82) is 0 Å². The van der Waals surface area contributed by atoms with Gasteiger partial charge in [-0.25, -0.2) is 4.98 Å². The van der Waals surface area contributed by atoms with E-state index in [1.54, 1.807) is 0 Å². The average molecular weight is 408 g/mol. The van der Waals surface area contributed by atoms with Crippen LogP contribution in [0.1, 0.15) is 51.3 Å².